The first-order valence-corrected chi connectivity index (χ1v) is 11.1. The molecule has 0 spiro atoms. The minimum atomic E-state index is -0.766. The molecule has 0 saturated heterocycles. The summed E-state index contributed by atoms with van der Waals surface area (Å²) in [7, 11) is 0. The lowest BCUT2D eigenvalue weighted by Crippen LogP contribution is -2.17. The Morgan fingerprint density at radius 3 is 2.71 bits per heavy atom. The van der Waals surface area contributed by atoms with Crippen molar-refractivity contribution in [3.63, 3.8) is 0 Å². The lowest BCUT2D eigenvalue weighted by atomic mass is 10.1. The third-order valence-electron chi connectivity index (χ3n) is 4.79. The van der Waals surface area contributed by atoms with Crippen molar-refractivity contribution in [2.45, 2.75) is 19.6 Å². The van der Waals surface area contributed by atoms with Crippen molar-refractivity contribution in [3.05, 3.63) is 93.6 Å². The van der Waals surface area contributed by atoms with E-state index in [1.54, 1.807) is 6.92 Å². The summed E-state index contributed by atoms with van der Waals surface area (Å²) in [6, 6.07) is 18.1. The van der Waals surface area contributed by atoms with Gasteiger partial charge in [0.05, 0.1) is 16.9 Å². The molecule has 0 aliphatic carbocycles. The molecule has 4 aromatic rings. The highest BCUT2D eigenvalue weighted by Gasteiger charge is 2.22. The molecule has 1 unspecified atom stereocenters. The first kappa shape index (κ1) is 21.3. The predicted octanol–water partition coefficient (Wildman–Crippen LogP) is 5.75. The smallest absolute Gasteiger partial charge is 0.341 e. The van der Waals surface area contributed by atoms with Crippen LogP contribution >= 0.6 is 22.9 Å². The fourth-order valence-electron chi connectivity index (χ4n) is 3.36. The number of esters is 1. The maximum absolute atomic E-state index is 12.3. The van der Waals surface area contributed by atoms with Crippen LogP contribution in [0.5, 0.6) is 5.75 Å². The highest BCUT2D eigenvalue weighted by molar-refractivity contribution is 7.18. The van der Waals surface area contributed by atoms with E-state index in [1.807, 2.05) is 41.8 Å². The van der Waals surface area contributed by atoms with E-state index >= 15 is 0 Å². The van der Waals surface area contributed by atoms with Crippen molar-refractivity contribution >= 4 is 39.0 Å². The number of halogens is 1. The normalized spacial score (nSPS) is 12.0. The molecule has 1 atom stereocenters. The van der Waals surface area contributed by atoms with Crippen molar-refractivity contribution in [2.75, 3.05) is 6.61 Å². The molecular weight excluding hydrogens is 432 g/mol. The van der Waals surface area contributed by atoms with E-state index in [1.165, 1.54) is 23.1 Å². The molecule has 4 rings (SSSR count). The molecule has 0 fully saturated rings. The standard InChI is InChI=1S/C24H21ClN2O3S/c1-2-29-24(28)18-13-27-22(25)20-19(14-31-21(18)20)23(26)30-17-10-6-9-16(12-17)11-15-7-4-3-5-8-15/h3-10,12-14,23H,2,11,26H2,1H3. The summed E-state index contributed by atoms with van der Waals surface area (Å²) < 4.78 is 11.8. The number of hydrogen-bond acceptors (Lipinski definition) is 6. The quantitative estimate of drug-likeness (QED) is 0.219. The number of pyridine rings is 1. The second-order valence-electron chi connectivity index (χ2n) is 6.93. The zero-order valence-corrected chi connectivity index (χ0v) is 18.5. The lowest BCUT2D eigenvalue weighted by Gasteiger charge is -2.15. The van der Waals surface area contributed by atoms with Gasteiger partial charge in [-0.15, -0.1) is 11.3 Å². The summed E-state index contributed by atoms with van der Waals surface area (Å²) in [6.07, 6.45) is 1.47. The molecule has 0 saturated carbocycles. The van der Waals surface area contributed by atoms with E-state index in [2.05, 4.69) is 23.2 Å². The van der Waals surface area contributed by atoms with Gasteiger partial charge >= 0.3 is 5.97 Å². The Hall–Kier alpha value is -2.93. The van der Waals surface area contributed by atoms with Gasteiger partial charge in [-0.05, 0) is 36.6 Å². The summed E-state index contributed by atoms with van der Waals surface area (Å²) in [5, 5.41) is 2.74. The summed E-state index contributed by atoms with van der Waals surface area (Å²) in [4.78, 5) is 16.4. The van der Waals surface area contributed by atoms with Gasteiger partial charge in [-0.1, -0.05) is 54.1 Å². The minimum absolute atomic E-state index is 0.274. The van der Waals surface area contributed by atoms with Crippen molar-refractivity contribution in [3.8, 4) is 5.75 Å². The molecule has 2 aromatic carbocycles. The number of hydrogen-bond donors (Lipinski definition) is 1. The molecule has 2 aromatic heterocycles. The van der Waals surface area contributed by atoms with Crippen molar-refractivity contribution in [1.29, 1.82) is 0 Å². The zero-order valence-electron chi connectivity index (χ0n) is 16.9. The van der Waals surface area contributed by atoms with Crippen LogP contribution in [0.4, 0.5) is 0 Å². The van der Waals surface area contributed by atoms with Gasteiger partial charge < -0.3 is 9.47 Å². The van der Waals surface area contributed by atoms with Crippen molar-refractivity contribution < 1.29 is 14.3 Å². The number of thiophene rings is 1. The molecule has 2 N–H and O–H groups in total. The van der Waals surface area contributed by atoms with Crippen LogP contribution in [0.2, 0.25) is 5.15 Å². The first-order valence-electron chi connectivity index (χ1n) is 9.84. The second-order valence-corrected chi connectivity index (χ2v) is 8.16. The summed E-state index contributed by atoms with van der Waals surface area (Å²) in [6.45, 7) is 2.04. The van der Waals surface area contributed by atoms with E-state index in [9.17, 15) is 4.79 Å². The van der Waals surface area contributed by atoms with Crippen LogP contribution in [0.3, 0.4) is 0 Å². The molecule has 158 valence electrons. The van der Waals surface area contributed by atoms with Crippen LogP contribution in [0.1, 0.15) is 40.2 Å². The Bertz CT molecular complexity index is 1210. The molecule has 5 nitrogen and oxygen atoms in total. The Balaban J connectivity index is 1.59. The maximum atomic E-state index is 12.3. The van der Waals surface area contributed by atoms with Crippen molar-refractivity contribution in [1.82, 2.24) is 4.98 Å². The molecule has 0 aliphatic heterocycles. The van der Waals surface area contributed by atoms with Gasteiger partial charge in [0.15, 0.2) is 6.23 Å². The monoisotopic (exact) mass is 452 g/mol. The molecule has 31 heavy (non-hydrogen) atoms. The van der Waals surface area contributed by atoms with E-state index < -0.39 is 12.2 Å². The number of fused-ring (bicyclic) bond motifs is 1. The third kappa shape index (κ3) is 4.71. The average Bonchev–Trinajstić information content (AvgIpc) is 3.21. The summed E-state index contributed by atoms with van der Waals surface area (Å²) in [5.74, 6) is 0.221. The van der Waals surface area contributed by atoms with Gasteiger partial charge in [-0.2, -0.15) is 0 Å². The number of rotatable bonds is 7. The topological polar surface area (TPSA) is 74.4 Å². The number of nitrogens with zero attached hydrogens (tertiary/aromatic N) is 1. The van der Waals surface area contributed by atoms with Gasteiger partial charge in [-0.25, -0.2) is 9.78 Å². The van der Waals surface area contributed by atoms with Gasteiger partial charge in [0.2, 0.25) is 0 Å². The second kappa shape index (κ2) is 9.47. The molecular formula is C24H21ClN2O3S. The number of carbonyl (C=O) groups excluding carboxylic acids is 1. The van der Waals surface area contributed by atoms with Crippen LogP contribution in [-0.2, 0) is 11.2 Å². The van der Waals surface area contributed by atoms with Crippen LogP contribution in [0, 0.1) is 0 Å². The van der Waals surface area contributed by atoms with Crippen LogP contribution in [-0.4, -0.2) is 17.6 Å². The molecule has 7 heteroatoms. The Morgan fingerprint density at radius 2 is 1.94 bits per heavy atom. The van der Waals surface area contributed by atoms with Crippen LogP contribution in [0.25, 0.3) is 10.1 Å². The zero-order chi connectivity index (χ0) is 21.8. The average molecular weight is 453 g/mol. The van der Waals surface area contributed by atoms with Gasteiger partial charge in [0.25, 0.3) is 0 Å². The summed E-state index contributed by atoms with van der Waals surface area (Å²) in [5.41, 5.74) is 9.76. The Kier molecular flexibility index (Phi) is 6.51. The SMILES string of the molecule is CCOC(=O)c1cnc(Cl)c2c(C(N)Oc3cccc(Cc4ccccc4)c3)csc12. The largest absolute Gasteiger partial charge is 0.471 e. The summed E-state index contributed by atoms with van der Waals surface area (Å²) >= 11 is 7.72. The van der Waals surface area contributed by atoms with Gasteiger partial charge in [0.1, 0.15) is 10.9 Å². The molecule has 2 heterocycles. The predicted molar refractivity (Wildman–Crippen MR) is 124 cm³/mol. The highest BCUT2D eigenvalue weighted by Crippen LogP contribution is 2.37. The van der Waals surface area contributed by atoms with E-state index in [4.69, 9.17) is 26.8 Å². The molecule has 0 bridgehead atoms. The van der Waals surface area contributed by atoms with Crippen LogP contribution < -0.4 is 10.5 Å². The number of nitrogens with two attached hydrogens (primary N) is 1. The third-order valence-corrected chi connectivity index (χ3v) is 6.11. The molecule has 0 radical (unpaired) electrons. The van der Waals surface area contributed by atoms with Gasteiger partial charge in [-0.3, -0.25) is 5.73 Å². The Morgan fingerprint density at radius 1 is 1.16 bits per heavy atom. The fraction of sp³-hybridized carbons (Fsp3) is 0.167. The fourth-order valence-corrected chi connectivity index (χ4v) is 4.76. The van der Waals surface area contributed by atoms with E-state index in [0.717, 1.165) is 12.0 Å². The van der Waals surface area contributed by atoms with Gasteiger partial charge in [0, 0.05) is 22.5 Å². The first-order chi connectivity index (χ1) is 15.1. The number of aromatic nitrogens is 1. The lowest BCUT2D eigenvalue weighted by molar-refractivity contribution is 0.0528. The van der Waals surface area contributed by atoms with E-state index in [-0.39, 0.29) is 11.8 Å². The number of carbonyl (C=O) groups is 1. The minimum Gasteiger partial charge on any atom is -0.471 e. The number of benzene rings is 2. The Labute approximate surface area is 189 Å². The maximum Gasteiger partial charge on any atom is 0.341 e. The molecule has 0 amide bonds. The molecule has 0 aliphatic rings. The van der Waals surface area contributed by atoms with E-state index in [0.29, 0.717) is 27.0 Å². The highest BCUT2D eigenvalue weighted by atomic mass is 35.5. The van der Waals surface area contributed by atoms with Crippen LogP contribution in [0.15, 0.2) is 66.2 Å². The number of ether oxygens (including phenoxy) is 2. The van der Waals surface area contributed by atoms with Crippen molar-refractivity contribution in [2.24, 2.45) is 5.73 Å².